The van der Waals surface area contributed by atoms with Gasteiger partial charge >= 0.3 is 6.18 Å². The van der Waals surface area contributed by atoms with E-state index in [0.717, 1.165) is 6.07 Å². The molecule has 0 fully saturated rings. The molecule has 0 radical (unpaired) electrons. The van der Waals surface area contributed by atoms with Crippen molar-refractivity contribution in [2.45, 2.75) is 12.8 Å². The molecule has 0 spiro atoms. The first kappa shape index (κ1) is 15.0. The van der Waals surface area contributed by atoms with Crippen LogP contribution in [0, 0.1) is 5.82 Å². The molecular formula is C15H11F4NO. The van der Waals surface area contributed by atoms with E-state index in [1.807, 2.05) is 0 Å². The lowest BCUT2D eigenvalue weighted by Gasteiger charge is -2.11. The molecule has 6 heteroatoms. The number of halogens is 4. The Bertz CT molecular complexity index is 620. The van der Waals surface area contributed by atoms with Crippen LogP contribution in [0.3, 0.4) is 0 Å². The SMILES string of the molecule is Fc1ccc(C=NOCc2ccccc2C(F)(F)F)cc1. The second kappa shape index (κ2) is 6.39. The molecule has 0 heterocycles. The first-order valence-corrected chi connectivity index (χ1v) is 6.03. The van der Waals surface area contributed by atoms with Gasteiger partial charge in [-0.05, 0) is 23.8 Å². The van der Waals surface area contributed by atoms with E-state index in [1.54, 1.807) is 0 Å². The number of oxime groups is 1. The molecule has 0 N–H and O–H groups in total. The first-order valence-electron chi connectivity index (χ1n) is 6.03. The van der Waals surface area contributed by atoms with E-state index in [9.17, 15) is 17.6 Å². The summed E-state index contributed by atoms with van der Waals surface area (Å²) in [6.45, 7) is -0.298. The van der Waals surface area contributed by atoms with Crippen LogP contribution >= 0.6 is 0 Å². The summed E-state index contributed by atoms with van der Waals surface area (Å²) in [6.07, 6.45) is -3.13. The molecule has 0 saturated carbocycles. The Kier molecular flexibility index (Phi) is 4.57. The number of rotatable bonds is 4. The van der Waals surface area contributed by atoms with Crippen LogP contribution in [-0.2, 0) is 17.6 Å². The minimum Gasteiger partial charge on any atom is -0.391 e. The lowest BCUT2D eigenvalue weighted by Crippen LogP contribution is -2.09. The third-order valence-electron chi connectivity index (χ3n) is 2.69. The van der Waals surface area contributed by atoms with E-state index in [1.165, 1.54) is 48.7 Å². The zero-order valence-corrected chi connectivity index (χ0v) is 10.8. The fraction of sp³-hybridized carbons (Fsp3) is 0.133. The second-order valence-corrected chi connectivity index (χ2v) is 4.21. The molecule has 2 aromatic rings. The molecule has 0 saturated heterocycles. The maximum absolute atomic E-state index is 12.7. The molecule has 0 aliphatic rings. The van der Waals surface area contributed by atoms with Crippen molar-refractivity contribution in [2.24, 2.45) is 5.16 Å². The highest BCUT2D eigenvalue weighted by molar-refractivity contribution is 5.78. The number of benzene rings is 2. The summed E-state index contributed by atoms with van der Waals surface area (Å²) >= 11 is 0. The molecule has 2 rings (SSSR count). The zero-order chi connectivity index (χ0) is 15.3. The number of nitrogens with zero attached hydrogens (tertiary/aromatic N) is 1. The van der Waals surface area contributed by atoms with Crippen molar-refractivity contribution >= 4 is 6.21 Å². The summed E-state index contributed by atoms with van der Waals surface area (Å²) in [7, 11) is 0. The van der Waals surface area contributed by atoms with Crippen LogP contribution in [0.2, 0.25) is 0 Å². The van der Waals surface area contributed by atoms with E-state index in [2.05, 4.69) is 5.16 Å². The van der Waals surface area contributed by atoms with Crippen molar-refractivity contribution in [2.75, 3.05) is 0 Å². The van der Waals surface area contributed by atoms with Gasteiger partial charge in [-0.2, -0.15) is 13.2 Å². The van der Waals surface area contributed by atoms with Gasteiger partial charge in [0, 0.05) is 5.56 Å². The van der Waals surface area contributed by atoms with Crippen molar-refractivity contribution < 1.29 is 22.4 Å². The molecule has 2 aromatic carbocycles. The minimum atomic E-state index is -4.43. The molecule has 0 aliphatic heterocycles. The molecule has 0 atom stereocenters. The fourth-order valence-electron chi connectivity index (χ4n) is 1.68. The highest BCUT2D eigenvalue weighted by atomic mass is 19.4. The zero-order valence-electron chi connectivity index (χ0n) is 10.8. The highest BCUT2D eigenvalue weighted by Crippen LogP contribution is 2.32. The van der Waals surface area contributed by atoms with Crippen molar-refractivity contribution in [3.05, 3.63) is 71.0 Å². The molecule has 0 unspecified atom stereocenters. The quantitative estimate of drug-likeness (QED) is 0.466. The van der Waals surface area contributed by atoms with Gasteiger partial charge in [0.15, 0.2) is 0 Å². The van der Waals surface area contributed by atoms with Crippen molar-refractivity contribution in [3.8, 4) is 0 Å². The second-order valence-electron chi connectivity index (χ2n) is 4.21. The van der Waals surface area contributed by atoms with Crippen LogP contribution in [0.25, 0.3) is 0 Å². The minimum absolute atomic E-state index is 0.00116. The normalized spacial score (nSPS) is 11.8. The molecule has 110 valence electrons. The Labute approximate surface area is 118 Å². The lowest BCUT2D eigenvalue weighted by molar-refractivity contribution is -0.138. The molecule has 0 aliphatic carbocycles. The van der Waals surface area contributed by atoms with Crippen molar-refractivity contribution in [1.82, 2.24) is 0 Å². The average Bonchev–Trinajstić information content (AvgIpc) is 2.45. The van der Waals surface area contributed by atoms with Crippen molar-refractivity contribution in [1.29, 1.82) is 0 Å². The Morgan fingerprint density at radius 1 is 1.00 bits per heavy atom. The van der Waals surface area contributed by atoms with E-state index in [0.29, 0.717) is 5.56 Å². The Morgan fingerprint density at radius 3 is 2.33 bits per heavy atom. The van der Waals surface area contributed by atoms with E-state index < -0.39 is 11.7 Å². The molecule has 21 heavy (non-hydrogen) atoms. The highest BCUT2D eigenvalue weighted by Gasteiger charge is 2.32. The predicted molar refractivity (Wildman–Crippen MR) is 70.2 cm³/mol. The third-order valence-corrected chi connectivity index (χ3v) is 2.69. The summed E-state index contributed by atoms with van der Waals surface area (Å²) in [6, 6.07) is 10.6. The fourth-order valence-corrected chi connectivity index (χ4v) is 1.68. The van der Waals surface area contributed by atoms with Crippen LogP contribution in [0.5, 0.6) is 0 Å². The van der Waals surface area contributed by atoms with Crippen molar-refractivity contribution in [3.63, 3.8) is 0 Å². The van der Waals surface area contributed by atoms with Gasteiger partial charge in [-0.15, -0.1) is 0 Å². The monoisotopic (exact) mass is 297 g/mol. The number of hydrogen-bond acceptors (Lipinski definition) is 2. The summed E-state index contributed by atoms with van der Waals surface area (Å²) in [4.78, 5) is 4.87. The topological polar surface area (TPSA) is 21.6 Å². The molecule has 2 nitrogen and oxygen atoms in total. The Hall–Kier alpha value is -2.37. The van der Waals surface area contributed by atoms with Gasteiger partial charge in [-0.25, -0.2) is 4.39 Å². The maximum atomic E-state index is 12.7. The van der Waals surface area contributed by atoms with Gasteiger partial charge in [-0.3, -0.25) is 0 Å². The van der Waals surface area contributed by atoms with Gasteiger partial charge in [0.2, 0.25) is 0 Å². The third kappa shape index (κ3) is 4.30. The summed E-state index contributed by atoms with van der Waals surface area (Å²) in [5, 5.41) is 3.57. The largest absolute Gasteiger partial charge is 0.416 e. The van der Waals surface area contributed by atoms with Gasteiger partial charge in [0.1, 0.15) is 12.4 Å². The van der Waals surface area contributed by atoms with E-state index in [-0.39, 0.29) is 18.0 Å². The van der Waals surface area contributed by atoms with Crippen LogP contribution < -0.4 is 0 Å². The standard InChI is InChI=1S/C15H11F4NO/c16-13-7-5-11(6-8-13)9-20-21-10-12-3-1-2-4-14(12)15(17,18)19/h1-9H,10H2. The molecule has 0 amide bonds. The number of hydrogen-bond donors (Lipinski definition) is 0. The summed E-state index contributed by atoms with van der Waals surface area (Å²) < 4.78 is 50.9. The lowest BCUT2D eigenvalue weighted by atomic mass is 10.1. The van der Waals surface area contributed by atoms with Crippen LogP contribution in [-0.4, -0.2) is 6.21 Å². The molecular weight excluding hydrogens is 286 g/mol. The van der Waals surface area contributed by atoms with Crippen LogP contribution in [0.1, 0.15) is 16.7 Å². The smallest absolute Gasteiger partial charge is 0.391 e. The predicted octanol–water partition coefficient (Wildman–Crippen LogP) is 4.40. The molecule has 0 aromatic heterocycles. The van der Waals surface area contributed by atoms with Gasteiger partial charge < -0.3 is 4.84 Å². The van der Waals surface area contributed by atoms with Gasteiger partial charge in [-0.1, -0.05) is 35.5 Å². The van der Waals surface area contributed by atoms with Crippen LogP contribution in [0.15, 0.2) is 53.7 Å². The first-order chi connectivity index (χ1) is 9.97. The summed E-state index contributed by atoms with van der Waals surface area (Å²) in [5.74, 6) is -0.382. The van der Waals surface area contributed by atoms with Gasteiger partial charge in [0.25, 0.3) is 0 Å². The maximum Gasteiger partial charge on any atom is 0.416 e. The number of alkyl halides is 3. The Morgan fingerprint density at radius 2 is 1.67 bits per heavy atom. The molecule has 0 bridgehead atoms. The van der Waals surface area contributed by atoms with E-state index in [4.69, 9.17) is 4.84 Å². The summed E-state index contributed by atoms with van der Waals surface area (Å²) in [5.41, 5.74) is -0.163. The average molecular weight is 297 g/mol. The van der Waals surface area contributed by atoms with Gasteiger partial charge in [0.05, 0.1) is 11.8 Å². The Balaban J connectivity index is 1.99. The van der Waals surface area contributed by atoms with Crippen LogP contribution in [0.4, 0.5) is 17.6 Å². The van der Waals surface area contributed by atoms with E-state index >= 15 is 0 Å².